The van der Waals surface area contributed by atoms with Crippen molar-refractivity contribution in [3.05, 3.63) is 29.5 Å². The molecule has 40 valence electrons. The van der Waals surface area contributed by atoms with E-state index in [9.17, 15) is 0 Å². The third-order valence-electron chi connectivity index (χ3n) is 0.888. The van der Waals surface area contributed by atoms with Crippen LogP contribution in [0.5, 0.6) is 0 Å². The Morgan fingerprint density at radius 2 is 2.50 bits per heavy atom. The molecule has 0 unspecified atom stereocenters. The van der Waals surface area contributed by atoms with Crippen molar-refractivity contribution in [1.29, 1.82) is 5.41 Å². The van der Waals surface area contributed by atoms with Crippen molar-refractivity contribution in [3.63, 3.8) is 0 Å². The van der Waals surface area contributed by atoms with Crippen LogP contribution in [0.1, 0.15) is 0 Å². The second kappa shape index (κ2) is 1.68. The zero-order chi connectivity index (χ0) is 5.98. The standard InChI is InChI=1S/C6H6N2/c7-6(8)5-3-1-2-4-5/h1-3H,(H3,7,8). The molecule has 0 aromatic rings. The van der Waals surface area contributed by atoms with Crippen molar-refractivity contribution in [1.82, 2.24) is 0 Å². The Hall–Kier alpha value is -1.27. The lowest BCUT2D eigenvalue weighted by molar-refractivity contribution is 1.44. The van der Waals surface area contributed by atoms with Crippen molar-refractivity contribution >= 4 is 5.84 Å². The van der Waals surface area contributed by atoms with Crippen molar-refractivity contribution in [2.24, 2.45) is 5.73 Å². The van der Waals surface area contributed by atoms with Gasteiger partial charge in [0.15, 0.2) is 0 Å². The summed E-state index contributed by atoms with van der Waals surface area (Å²) in [6.07, 6.45) is 5.29. The molecule has 8 heavy (non-hydrogen) atoms. The van der Waals surface area contributed by atoms with E-state index in [1.54, 1.807) is 18.2 Å². The predicted molar refractivity (Wildman–Crippen MR) is 32.7 cm³/mol. The van der Waals surface area contributed by atoms with Crippen molar-refractivity contribution < 1.29 is 0 Å². The van der Waals surface area contributed by atoms with Crippen LogP contribution in [-0.2, 0) is 0 Å². The van der Waals surface area contributed by atoms with Gasteiger partial charge in [-0.15, -0.1) is 5.73 Å². The number of nitrogens with one attached hydrogen (secondary N) is 1. The van der Waals surface area contributed by atoms with Gasteiger partial charge in [0.2, 0.25) is 0 Å². The number of amidine groups is 1. The fraction of sp³-hybridized carbons (Fsp3) is 0. The maximum atomic E-state index is 6.90. The van der Waals surface area contributed by atoms with Crippen molar-refractivity contribution in [2.75, 3.05) is 0 Å². The Labute approximate surface area is 47.5 Å². The third kappa shape index (κ3) is 0.695. The molecule has 1 aliphatic rings. The second-order valence-electron chi connectivity index (χ2n) is 1.50. The molecular formula is C6H6N2. The molecule has 0 saturated heterocycles. The molecule has 2 heteroatoms. The first-order chi connectivity index (χ1) is 3.80. The quantitative estimate of drug-likeness (QED) is 0.286. The molecule has 3 N–H and O–H groups in total. The summed E-state index contributed by atoms with van der Waals surface area (Å²) < 4.78 is 0. The van der Waals surface area contributed by atoms with Gasteiger partial charge in [0, 0.05) is 0 Å². The van der Waals surface area contributed by atoms with Crippen LogP contribution in [0.25, 0.3) is 0 Å². The van der Waals surface area contributed by atoms with E-state index >= 15 is 0 Å². The summed E-state index contributed by atoms with van der Waals surface area (Å²) >= 11 is 0. The number of allylic oxidation sites excluding steroid dienone is 1. The molecule has 0 heterocycles. The van der Waals surface area contributed by atoms with Gasteiger partial charge in [0.05, 0.1) is 5.57 Å². The van der Waals surface area contributed by atoms with Gasteiger partial charge in [-0.1, -0.05) is 6.08 Å². The average molecular weight is 106 g/mol. The van der Waals surface area contributed by atoms with Crippen LogP contribution < -0.4 is 5.73 Å². The first-order valence-electron chi connectivity index (χ1n) is 2.28. The van der Waals surface area contributed by atoms with Gasteiger partial charge in [-0.2, -0.15) is 0 Å². The molecule has 0 spiro atoms. The van der Waals surface area contributed by atoms with Crippen LogP contribution in [0.2, 0.25) is 0 Å². The fourth-order valence-electron chi connectivity index (χ4n) is 0.498. The molecule has 0 atom stereocenters. The number of hydrogen-bond donors (Lipinski definition) is 2. The summed E-state index contributed by atoms with van der Waals surface area (Å²) in [5.74, 6) is 0.0787. The lowest BCUT2D eigenvalue weighted by atomic mass is 10.3. The number of hydrogen-bond acceptors (Lipinski definition) is 1. The van der Waals surface area contributed by atoms with E-state index in [4.69, 9.17) is 11.1 Å². The van der Waals surface area contributed by atoms with Crippen molar-refractivity contribution in [3.8, 4) is 0 Å². The maximum Gasteiger partial charge on any atom is 0.130 e. The molecule has 0 aliphatic heterocycles. The summed E-state index contributed by atoms with van der Waals surface area (Å²) in [5.41, 5.74) is 8.57. The molecular weight excluding hydrogens is 100 g/mol. The first kappa shape index (κ1) is 4.88. The zero-order valence-corrected chi connectivity index (χ0v) is 4.31. The molecule has 1 rings (SSSR count). The van der Waals surface area contributed by atoms with Gasteiger partial charge < -0.3 is 5.73 Å². The molecule has 0 aromatic heterocycles. The van der Waals surface area contributed by atoms with Gasteiger partial charge in [-0.25, -0.2) is 0 Å². The van der Waals surface area contributed by atoms with Crippen LogP contribution in [0.4, 0.5) is 0 Å². The maximum absolute atomic E-state index is 6.90. The minimum absolute atomic E-state index is 0.0787. The Morgan fingerprint density at radius 3 is 2.75 bits per heavy atom. The van der Waals surface area contributed by atoms with E-state index in [1.807, 2.05) is 0 Å². The van der Waals surface area contributed by atoms with Crippen LogP contribution in [0.15, 0.2) is 29.5 Å². The van der Waals surface area contributed by atoms with Gasteiger partial charge in [0.25, 0.3) is 0 Å². The largest absolute Gasteiger partial charge is 0.383 e. The van der Waals surface area contributed by atoms with E-state index < -0.39 is 0 Å². The summed E-state index contributed by atoms with van der Waals surface area (Å²) in [6.45, 7) is 0. The Kier molecular flexibility index (Phi) is 1.03. The van der Waals surface area contributed by atoms with E-state index in [0.29, 0.717) is 5.57 Å². The number of nitrogens with two attached hydrogens (primary N) is 1. The Balaban J connectivity index is 2.90. The first-order valence-corrected chi connectivity index (χ1v) is 2.28. The van der Waals surface area contributed by atoms with E-state index in [1.165, 1.54) is 0 Å². The Morgan fingerprint density at radius 1 is 1.75 bits per heavy atom. The zero-order valence-electron chi connectivity index (χ0n) is 4.31. The fourth-order valence-corrected chi connectivity index (χ4v) is 0.498. The van der Waals surface area contributed by atoms with Crippen molar-refractivity contribution in [2.45, 2.75) is 0 Å². The summed E-state index contributed by atoms with van der Waals surface area (Å²) in [7, 11) is 0. The van der Waals surface area contributed by atoms with Gasteiger partial charge in [-0.3, -0.25) is 5.41 Å². The number of rotatable bonds is 1. The summed E-state index contributed by atoms with van der Waals surface area (Å²) in [4.78, 5) is 0. The average Bonchev–Trinajstić information content (AvgIpc) is 2.12. The van der Waals surface area contributed by atoms with Crippen LogP contribution in [-0.4, -0.2) is 5.84 Å². The third-order valence-corrected chi connectivity index (χ3v) is 0.888. The SMILES string of the molecule is N=C(N)C1=C=CC=C1. The normalized spacial score (nSPS) is 14.2. The van der Waals surface area contributed by atoms with E-state index in [-0.39, 0.29) is 5.84 Å². The highest BCUT2D eigenvalue weighted by Gasteiger charge is 1.94. The molecule has 1 aliphatic carbocycles. The van der Waals surface area contributed by atoms with Gasteiger partial charge in [-0.05, 0) is 12.2 Å². The van der Waals surface area contributed by atoms with Crippen LogP contribution in [0, 0.1) is 5.41 Å². The van der Waals surface area contributed by atoms with Crippen LogP contribution in [0.3, 0.4) is 0 Å². The highest BCUT2D eigenvalue weighted by molar-refractivity contribution is 5.97. The monoisotopic (exact) mass is 106 g/mol. The lowest BCUT2D eigenvalue weighted by Gasteiger charge is -1.87. The molecule has 0 radical (unpaired) electrons. The Bertz CT molecular complexity index is 205. The topological polar surface area (TPSA) is 49.9 Å². The molecule has 0 amide bonds. The highest BCUT2D eigenvalue weighted by Crippen LogP contribution is 1.98. The van der Waals surface area contributed by atoms with E-state index in [2.05, 4.69) is 5.73 Å². The molecule has 0 fully saturated rings. The van der Waals surface area contributed by atoms with Gasteiger partial charge in [0.1, 0.15) is 5.84 Å². The second-order valence-corrected chi connectivity index (χ2v) is 1.50. The van der Waals surface area contributed by atoms with Crippen LogP contribution >= 0.6 is 0 Å². The lowest BCUT2D eigenvalue weighted by Crippen LogP contribution is -2.09. The highest BCUT2D eigenvalue weighted by atomic mass is 14.7. The molecule has 0 aromatic carbocycles. The minimum atomic E-state index is 0.0787. The molecule has 0 saturated carbocycles. The van der Waals surface area contributed by atoms with Gasteiger partial charge >= 0.3 is 0 Å². The molecule has 2 nitrogen and oxygen atoms in total. The molecule has 0 bridgehead atoms. The van der Waals surface area contributed by atoms with E-state index in [0.717, 1.165) is 0 Å². The minimum Gasteiger partial charge on any atom is -0.383 e. The smallest absolute Gasteiger partial charge is 0.130 e. The summed E-state index contributed by atoms with van der Waals surface area (Å²) in [6, 6.07) is 0. The predicted octanol–water partition coefficient (Wildman–Crippen LogP) is 0.574. The summed E-state index contributed by atoms with van der Waals surface area (Å²) in [5, 5.41) is 6.90.